The van der Waals surface area contributed by atoms with Crippen molar-refractivity contribution in [2.75, 3.05) is 0 Å². The minimum atomic E-state index is -0.111. The molecule has 0 aliphatic heterocycles. The number of aromatic nitrogens is 5. The Kier molecular flexibility index (Phi) is 4.90. The van der Waals surface area contributed by atoms with Gasteiger partial charge in [-0.15, -0.1) is 0 Å². The summed E-state index contributed by atoms with van der Waals surface area (Å²) in [5, 5.41) is 0.519. The first-order valence-electron chi connectivity index (χ1n) is 11.7. The van der Waals surface area contributed by atoms with Crippen LogP contribution in [-0.4, -0.2) is 24.1 Å². The summed E-state index contributed by atoms with van der Waals surface area (Å²) in [5.74, 6) is 1.36. The molecule has 0 bridgehead atoms. The number of pyridine rings is 1. The van der Waals surface area contributed by atoms with Crippen LogP contribution in [0, 0.1) is 0 Å². The normalized spacial score (nSPS) is 14.5. The Balaban J connectivity index is 1.41. The van der Waals surface area contributed by atoms with Crippen LogP contribution in [0.1, 0.15) is 50.8 Å². The second kappa shape index (κ2) is 8.09. The fourth-order valence-electron chi connectivity index (χ4n) is 4.30. The molecule has 34 heavy (non-hydrogen) atoms. The van der Waals surface area contributed by atoms with E-state index in [1.165, 1.54) is 19.1 Å². The van der Waals surface area contributed by atoms with E-state index in [1.54, 1.807) is 6.20 Å². The molecule has 7 nitrogen and oxygen atoms in total. The first-order chi connectivity index (χ1) is 16.6. The maximum Gasteiger partial charge on any atom is 0.202 e. The molecule has 4 aromatic heterocycles. The van der Waals surface area contributed by atoms with Gasteiger partial charge in [-0.25, -0.2) is 15.0 Å². The minimum Gasteiger partial charge on any atom is -0.463 e. The summed E-state index contributed by atoms with van der Waals surface area (Å²) < 4.78 is 9.93. The van der Waals surface area contributed by atoms with Crippen molar-refractivity contribution in [2.45, 2.75) is 45.1 Å². The van der Waals surface area contributed by atoms with E-state index >= 15 is 0 Å². The van der Waals surface area contributed by atoms with E-state index in [0.29, 0.717) is 34.2 Å². The fraction of sp³-hybridized carbons (Fsp3) is 0.259. The van der Waals surface area contributed by atoms with Crippen LogP contribution in [0.15, 0.2) is 76.8 Å². The van der Waals surface area contributed by atoms with Crippen molar-refractivity contribution >= 4 is 11.0 Å². The quantitative estimate of drug-likeness (QED) is 0.328. The number of imidazole rings is 2. The summed E-state index contributed by atoms with van der Waals surface area (Å²) in [7, 11) is 0. The largest absolute Gasteiger partial charge is 0.463 e. The molecule has 1 atom stereocenters. The van der Waals surface area contributed by atoms with Gasteiger partial charge in [0.15, 0.2) is 5.82 Å². The van der Waals surface area contributed by atoms with Crippen molar-refractivity contribution in [2.24, 2.45) is 0 Å². The molecular weight excluding hydrogens is 426 g/mol. The topological polar surface area (TPSA) is 78.7 Å². The first kappa shape index (κ1) is 20.6. The van der Waals surface area contributed by atoms with E-state index in [2.05, 4.69) is 34.6 Å². The lowest BCUT2D eigenvalue weighted by molar-refractivity contribution is 0.535. The lowest BCUT2D eigenvalue weighted by Crippen LogP contribution is -2.08. The standard InChI is InChI=1S/C27H25N5O2/c1-3-17(2)32-12-11-28-27(32)23-6-4-5-22(30-23)21-15-34-25-10-9-19(13-20(25)26(21)33)31-14-24(29-16-31)18-7-8-18/h4-6,9-18H,3,7-8H2,1-2H3. The minimum absolute atomic E-state index is 0.111. The zero-order valence-electron chi connectivity index (χ0n) is 19.2. The summed E-state index contributed by atoms with van der Waals surface area (Å²) >= 11 is 0. The summed E-state index contributed by atoms with van der Waals surface area (Å²) in [5.41, 5.74) is 4.14. The van der Waals surface area contributed by atoms with Gasteiger partial charge in [0.2, 0.25) is 5.43 Å². The van der Waals surface area contributed by atoms with Crippen molar-refractivity contribution in [3.63, 3.8) is 0 Å². The lowest BCUT2D eigenvalue weighted by atomic mass is 10.1. The molecule has 0 saturated heterocycles. The molecule has 0 radical (unpaired) electrons. The SMILES string of the molecule is CCC(C)n1ccnc1-c1cccc(-c2coc3ccc(-n4cnc(C5CC5)c4)cc3c2=O)n1. The van der Waals surface area contributed by atoms with Crippen LogP contribution in [0.2, 0.25) is 0 Å². The van der Waals surface area contributed by atoms with Gasteiger partial charge in [0.05, 0.1) is 28.7 Å². The Morgan fingerprint density at radius 1 is 1.15 bits per heavy atom. The predicted octanol–water partition coefficient (Wildman–Crippen LogP) is 5.75. The highest BCUT2D eigenvalue weighted by Gasteiger charge is 2.26. The number of benzene rings is 1. The summed E-state index contributed by atoms with van der Waals surface area (Å²) in [6, 6.07) is 11.6. The molecule has 4 heterocycles. The van der Waals surface area contributed by atoms with Crippen molar-refractivity contribution in [3.8, 4) is 28.5 Å². The number of fused-ring (bicyclic) bond motifs is 1. The maximum atomic E-state index is 13.5. The van der Waals surface area contributed by atoms with E-state index in [9.17, 15) is 4.79 Å². The maximum absolute atomic E-state index is 13.5. The van der Waals surface area contributed by atoms with Gasteiger partial charge in [-0.05, 0) is 56.5 Å². The van der Waals surface area contributed by atoms with E-state index in [0.717, 1.165) is 29.3 Å². The molecule has 170 valence electrons. The molecule has 1 unspecified atom stereocenters. The summed E-state index contributed by atoms with van der Waals surface area (Å²) in [6.07, 6.45) is 12.5. The zero-order chi connectivity index (χ0) is 23.2. The number of rotatable bonds is 6. The van der Waals surface area contributed by atoms with Gasteiger partial charge in [-0.2, -0.15) is 0 Å². The molecule has 1 aromatic carbocycles. The monoisotopic (exact) mass is 451 g/mol. The van der Waals surface area contributed by atoms with Crippen molar-refractivity contribution < 1.29 is 4.42 Å². The smallest absolute Gasteiger partial charge is 0.202 e. The second-order valence-electron chi connectivity index (χ2n) is 8.96. The van der Waals surface area contributed by atoms with E-state index < -0.39 is 0 Å². The molecule has 6 rings (SSSR count). The van der Waals surface area contributed by atoms with Gasteiger partial charge in [0.1, 0.15) is 17.5 Å². The van der Waals surface area contributed by atoms with Crippen LogP contribution < -0.4 is 5.43 Å². The molecule has 1 aliphatic rings. The third-order valence-electron chi connectivity index (χ3n) is 6.64. The number of hydrogen-bond donors (Lipinski definition) is 0. The van der Waals surface area contributed by atoms with Crippen LogP contribution in [0.3, 0.4) is 0 Å². The van der Waals surface area contributed by atoms with Crippen LogP contribution in [0.25, 0.3) is 39.4 Å². The Labute approximate surface area is 196 Å². The molecule has 0 spiro atoms. The summed E-state index contributed by atoms with van der Waals surface area (Å²) in [6.45, 7) is 4.29. The van der Waals surface area contributed by atoms with Gasteiger partial charge in [0.25, 0.3) is 0 Å². The van der Waals surface area contributed by atoms with E-state index in [1.807, 2.05) is 53.5 Å². The lowest BCUT2D eigenvalue weighted by Gasteiger charge is -2.14. The first-order valence-corrected chi connectivity index (χ1v) is 11.7. The Hall–Kier alpha value is -4.00. The molecule has 5 aromatic rings. The average molecular weight is 452 g/mol. The highest BCUT2D eigenvalue weighted by Crippen LogP contribution is 2.39. The Morgan fingerprint density at radius 3 is 2.82 bits per heavy atom. The van der Waals surface area contributed by atoms with Gasteiger partial charge < -0.3 is 13.6 Å². The van der Waals surface area contributed by atoms with Crippen LogP contribution in [0.4, 0.5) is 0 Å². The molecule has 7 heteroatoms. The van der Waals surface area contributed by atoms with E-state index in [4.69, 9.17) is 9.40 Å². The molecule has 1 aliphatic carbocycles. The van der Waals surface area contributed by atoms with Gasteiger partial charge >= 0.3 is 0 Å². The van der Waals surface area contributed by atoms with Crippen molar-refractivity contribution in [1.29, 1.82) is 0 Å². The van der Waals surface area contributed by atoms with Gasteiger partial charge in [-0.3, -0.25) is 4.79 Å². The van der Waals surface area contributed by atoms with Crippen LogP contribution in [0.5, 0.6) is 0 Å². The van der Waals surface area contributed by atoms with Crippen molar-refractivity contribution in [3.05, 3.63) is 83.5 Å². The van der Waals surface area contributed by atoms with Crippen LogP contribution >= 0.6 is 0 Å². The zero-order valence-corrected chi connectivity index (χ0v) is 19.2. The third-order valence-corrected chi connectivity index (χ3v) is 6.64. The van der Waals surface area contributed by atoms with E-state index in [-0.39, 0.29) is 5.43 Å². The summed E-state index contributed by atoms with van der Waals surface area (Å²) in [4.78, 5) is 27.3. The van der Waals surface area contributed by atoms with Gasteiger partial charge in [0, 0.05) is 36.2 Å². The highest BCUT2D eigenvalue weighted by atomic mass is 16.3. The molecule has 0 amide bonds. The predicted molar refractivity (Wildman–Crippen MR) is 131 cm³/mol. The Bertz CT molecular complexity index is 1560. The molecule has 1 fully saturated rings. The van der Waals surface area contributed by atoms with Crippen molar-refractivity contribution in [1.82, 2.24) is 24.1 Å². The third kappa shape index (κ3) is 3.53. The van der Waals surface area contributed by atoms with Crippen LogP contribution in [-0.2, 0) is 0 Å². The Morgan fingerprint density at radius 2 is 2.00 bits per heavy atom. The molecule has 0 N–H and O–H groups in total. The average Bonchev–Trinajstić information content (AvgIpc) is 3.39. The highest BCUT2D eigenvalue weighted by molar-refractivity contribution is 5.83. The molecule has 1 saturated carbocycles. The number of hydrogen-bond acceptors (Lipinski definition) is 5. The fourth-order valence-corrected chi connectivity index (χ4v) is 4.30. The second-order valence-corrected chi connectivity index (χ2v) is 8.96. The number of nitrogens with zero attached hydrogens (tertiary/aromatic N) is 5. The van der Waals surface area contributed by atoms with Gasteiger partial charge in [-0.1, -0.05) is 13.0 Å². The molecular formula is C27H25N5O2.